The fourth-order valence-electron chi connectivity index (χ4n) is 4.85. The summed E-state index contributed by atoms with van der Waals surface area (Å²) in [7, 11) is 0. The minimum Gasteiger partial charge on any atom is -0.356 e. The van der Waals surface area contributed by atoms with Crippen LogP contribution in [0, 0.1) is 5.92 Å². The monoisotopic (exact) mass is 399 g/mol. The highest BCUT2D eigenvalue weighted by atomic mass is 16.2. The molecule has 3 aliphatic rings. The molecule has 2 atom stereocenters. The molecule has 1 aromatic rings. The van der Waals surface area contributed by atoms with Crippen molar-refractivity contribution in [2.45, 2.75) is 57.0 Å². The minimum absolute atomic E-state index is 0.0470. The van der Waals surface area contributed by atoms with E-state index in [-0.39, 0.29) is 30.3 Å². The number of anilines is 1. The van der Waals surface area contributed by atoms with Gasteiger partial charge in [0.2, 0.25) is 5.91 Å². The normalized spacial score (nSPS) is 28.0. The number of nitrogens with zero attached hydrogens (tertiary/aromatic N) is 3. The van der Waals surface area contributed by atoms with Gasteiger partial charge >= 0.3 is 6.03 Å². The third-order valence-corrected chi connectivity index (χ3v) is 6.64. The first-order valence-electron chi connectivity index (χ1n) is 10.6. The van der Waals surface area contributed by atoms with Gasteiger partial charge in [-0.2, -0.15) is 0 Å². The van der Waals surface area contributed by atoms with Crippen molar-refractivity contribution in [3.8, 4) is 0 Å². The molecule has 4 rings (SSSR count). The van der Waals surface area contributed by atoms with Crippen molar-refractivity contribution in [1.82, 2.24) is 20.5 Å². The Balaban J connectivity index is 1.30. The van der Waals surface area contributed by atoms with Gasteiger partial charge in [-0.25, -0.2) is 9.78 Å². The highest BCUT2D eigenvalue weighted by Crippen LogP contribution is 2.38. The van der Waals surface area contributed by atoms with Crippen LogP contribution in [-0.4, -0.2) is 58.9 Å². The molecular formula is C21H29N5O3. The van der Waals surface area contributed by atoms with Crippen molar-refractivity contribution in [2.75, 3.05) is 24.5 Å². The predicted molar refractivity (Wildman–Crippen MR) is 108 cm³/mol. The number of pyridine rings is 1. The molecule has 2 unspecified atom stereocenters. The third kappa shape index (κ3) is 3.80. The van der Waals surface area contributed by atoms with E-state index in [2.05, 4.69) is 20.5 Å². The number of rotatable bonds is 4. The Morgan fingerprint density at radius 1 is 1.24 bits per heavy atom. The van der Waals surface area contributed by atoms with Crippen molar-refractivity contribution >= 4 is 23.7 Å². The molecular weight excluding hydrogens is 370 g/mol. The summed E-state index contributed by atoms with van der Waals surface area (Å²) < 4.78 is 0. The van der Waals surface area contributed by atoms with Crippen molar-refractivity contribution in [3.63, 3.8) is 0 Å². The molecule has 156 valence electrons. The molecule has 1 spiro atoms. The van der Waals surface area contributed by atoms with Crippen LogP contribution in [0.15, 0.2) is 24.4 Å². The van der Waals surface area contributed by atoms with E-state index < -0.39 is 11.6 Å². The van der Waals surface area contributed by atoms with Gasteiger partial charge in [-0.1, -0.05) is 25.8 Å². The average molecular weight is 399 g/mol. The zero-order chi connectivity index (χ0) is 20.4. The maximum absolute atomic E-state index is 13.0. The fourth-order valence-corrected chi connectivity index (χ4v) is 4.85. The van der Waals surface area contributed by atoms with Crippen LogP contribution in [0.25, 0.3) is 0 Å². The lowest BCUT2D eigenvalue weighted by Gasteiger charge is -2.36. The summed E-state index contributed by atoms with van der Waals surface area (Å²) in [6.45, 7) is 3.42. The van der Waals surface area contributed by atoms with Crippen LogP contribution >= 0.6 is 0 Å². The van der Waals surface area contributed by atoms with E-state index in [9.17, 15) is 14.4 Å². The first-order valence-corrected chi connectivity index (χ1v) is 10.6. The van der Waals surface area contributed by atoms with E-state index in [0.717, 1.165) is 55.9 Å². The second-order valence-electron chi connectivity index (χ2n) is 8.46. The van der Waals surface area contributed by atoms with Crippen LogP contribution in [0.2, 0.25) is 0 Å². The number of hydrogen-bond acceptors (Lipinski definition) is 5. The fraction of sp³-hybridized carbons (Fsp3) is 0.619. The Morgan fingerprint density at radius 2 is 2.03 bits per heavy atom. The van der Waals surface area contributed by atoms with Gasteiger partial charge in [-0.15, -0.1) is 0 Å². The van der Waals surface area contributed by atoms with E-state index in [1.807, 2.05) is 25.1 Å². The molecule has 3 fully saturated rings. The zero-order valence-electron chi connectivity index (χ0n) is 16.9. The van der Waals surface area contributed by atoms with Crippen molar-refractivity contribution in [2.24, 2.45) is 5.92 Å². The number of nitrogens with one attached hydrogen (secondary N) is 2. The minimum atomic E-state index is -0.816. The number of imide groups is 1. The lowest BCUT2D eigenvalue weighted by atomic mass is 9.73. The predicted octanol–water partition coefficient (Wildman–Crippen LogP) is 1.67. The van der Waals surface area contributed by atoms with Crippen LogP contribution < -0.4 is 15.5 Å². The highest BCUT2D eigenvalue weighted by molar-refractivity contribution is 6.09. The number of piperidine rings is 1. The van der Waals surface area contributed by atoms with E-state index in [1.165, 1.54) is 0 Å². The van der Waals surface area contributed by atoms with Crippen molar-refractivity contribution in [3.05, 3.63) is 24.4 Å². The molecule has 8 heteroatoms. The number of amides is 4. The van der Waals surface area contributed by atoms with Crippen molar-refractivity contribution in [1.29, 1.82) is 0 Å². The maximum Gasteiger partial charge on any atom is 0.325 e. The molecule has 0 bridgehead atoms. The second-order valence-corrected chi connectivity index (χ2v) is 8.46. The maximum atomic E-state index is 13.0. The highest BCUT2D eigenvalue weighted by Gasteiger charge is 2.55. The molecule has 2 saturated heterocycles. The molecule has 1 saturated carbocycles. The van der Waals surface area contributed by atoms with Gasteiger partial charge in [0.15, 0.2) is 0 Å². The van der Waals surface area contributed by atoms with E-state index in [1.54, 1.807) is 6.20 Å². The van der Waals surface area contributed by atoms with Crippen molar-refractivity contribution < 1.29 is 14.4 Å². The van der Waals surface area contributed by atoms with Gasteiger partial charge in [-0.05, 0) is 43.7 Å². The number of carbonyl (C=O) groups excluding carboxylic acids is 3. The van der Waals surface area contributed by atoms with Gasteiger partial charge in [0.1, 0.15) is 17.9 Å². The summed E-state index contributed by atoms with van der Waals surface area (Å²) in [5, 5.41) is 5.90. The van der Waals surface area contributed by atoms with Gasteiger partial charge in [0.05, 0.1) is 0 Å². The average Bonchev–Trinajstić information content (AvgIpc) is 2.96. The van der Waals surface area contributed by atoms with Gasteiger partial charge in [-0.3, -0.25) is 14.5 Å². The first kappa shape index (κ1) is 19.7. The van der Waals surface area contributed by atoms with E-state index in [0.29, 0.717) is 6.42 Å². The largest absolute Gasteiger partial charge is 0.356 e. The number of hydrogen-bond donors (Lipinski definition) is 2. The number of aromatic nitrogens is 1. The molecule has 8 nitrogen and oxygen atoms in total. The van der Waals surface area contributed by atoms with Gasteiger partial charge in [0, 0.05) is 25.3 Å². The molecule has 29 heavy (non-hydrogen) atoms. The first-order chi connectivity index (χ1) is 14.0. The summed E-state index contributed by atoms with van der Waals surface area (Å²) in [5.74, 6) is 0.528. The molecule has 1 aliphatic carbocycles. The Bertz CT molecular complexity index is 778. The summed E-state index contributed by atoms with van der Waals surface area (Å²) in [6.07, 6.45) is 6.97. The standard InChI is InChI=1S/C21H29N5O3/c1-15-6-2-4-10-21(15)19(28)26(20(29)24-21)14-18(27)23-16-8-12-25(13-9-16)17-7-3-5-11-22-17/h3,5,7,11,15-16H,2,4,6,8-10,12-14H2,1H3,(H,23,27)(H,24,29). The zero-order valence-corrected chi connectivity index (χ0v) is 16.9. The smallest absolute Gasteiger partial charge is 0.325 e. The third-order valence-electron chi connectivity index (χ3n) is 6.64. The molecule has 4 amide bonds. The quantitative estimate of drug-likeness (QED) is 0.751. The van der Waals surface area contributed by atoms with Crippen LogP contribution in [0.3, 0.4) is 0 Å². The van der Waals surface area contributed by atoms with Gasteiger partial charge < -0.3 is 15.5 Å². The van der Waals surface area contributed by atoms with Crippen LogP contribution in [0.1, 0.15) is 45.4 Å². The Kier molecular flexibility index (Phi) is 5.43. The van der Waals surface area contributed by atoms with Crippen LogP contribution in [0.4, 0.5) is 10.6 Å². The molecule has 0 radical (unpaired) electrons. The molecule has 2 N–H and O–H groups in total. The Morgan fingerprint density at radius 3 is 2.72 bits per heavy atom. The Hall–Kier alpha value is -2.64. The second kappa shape index (κ2) is 8.00. The SMILES string of the molecule is CC1CCCCC12NC(=O)N(CC(=O)NC1CCN(c3ccccn3)CC1)C2=O. The topological polar surface area (TPSA) is 94.6 Å². The van der Waals surface area contributed by atoms with Gasteiger partial charge in [0.25, 0.3) is 5.91 Å². The molecule has 3 heterocycles. The summed E-state index contributed by atoms with van der Waals surface area (Å²) in [5.41, 5.74) is -0.816. The molecule has 1 aromatic heterocycles. The summed E-state index contributed by atoms with van der Waals surface area (Å²) >= 11 is 0. The van der Waals surface area contributed by atoms with Crippen LogP contribution in [0.5, 0.6) is 0 Å². The summed E-state index contributed by atoms with van der Waals surface area (Å²) in [6, 6.07) is 5.45. The molecule has 2 aliphatic heterocycles. The summed E-state index contributed by atoms with van der Waals surface area (Å²) in [4.78, 5) is 45.6. The molecule has 0 aromatic carbocycles. The van der Waals surface area contributed by atoms with Crippen LogP contribution in [-0.2, 0) is 9.59 Å². The van der Waals surface area contributed by atoms with E-state index in [4.69, 9.17) is 0 Å². The Labute approximate surface area is 171 Å². The van der Waals surface area contributed by atoms with E-state index >= 15 is 0 Å². The number of carbonyl (C=O) groups is 3. The lowest BCUT2D eigenvalue weighted by Crippen LogP contribution is -2.54. The lowest BCUT2D eigenvalue weighted by molar-refractivity contribution is -0.137. The number of urea groups is 1.